The molecule has 0 aromatic heterocycles. The highest BCUT2D eigenvalue weighted by atomic mass is 16.4. The minimum Gasteiger partial charge on any atom is -0.465 e. The lowest BCUT2D eigenvalue weighted by Crippen LogP contribution is -2.58. The van der Waals surface area contributed by atoms with Crippen LogP contribution >= 0.6 is 0 Å². The van der Waals surface area contributed by atoms with Crippen LogP contribution in [0.4, 0.5) is 4.79 Å². The Bertz CT molecular complexity index is 416. The Labute approximate surface area is 112 Å². The van der Waals surface area contributed by atoms with Crippen LogP contribution in [-0.4, -0.2) is 46.4 Å². The molecule has 0 atom stereocenters. The first-order valence-electron chi connectivity index (χ1n) is 6.54. The molecule has 3 N–H and O–H groups in total. The normalized spacial score (nSPS) is 17.9. The van der Waals surface area contributed by atoms with Crippen molar-refractivity contribution in [3.63, 3.8) is 0 Å². The van der Waals surface area contributed by atoms with Crippen molar-refractivity contribution in [2.75, 3.05) is 19.7 Å². The second-order valence-corrected chi connectivity index (χ2v) is 4.99. The molecule has 0 radical (unpaired) electrons. The average Bonchev–Trinajstić information content (AvgIpc) is 2.46. The molecular formula is C14H20N2O3. The van der Waals surface area contributed by atoms with E-state index in [1.54, 1.807) is 0 Å². The Morgan fingerprint density at radius 1 is 1.26 bits per heavy atom. The molecule has 1 aliphatic rings. The molecule has 1 aliphatic heterocycles. The zero-order chi connectivity index (χ0) is 13.7. The van der Waals surface area contributed by atoms with Crippen LogP contribution < -0.4 is 5.32 Å². The summed E-state index contributed by atoms with van der Waals surface area (Å²) >= 11 is 0. The summed E-state index contributed by atoms with van der Waals surface area (Å²) in [6.07, 6.45) is 0.311. The van der Waals surface area contributed by atoms with Gasteiger partial charge >= 0.3 is 6.09 Å². The van der Waals surface area contributed by atoms with Crippen molar-refractivity contribution < 1.29 is 15.0 Å². The van der Waals surface area contributed by atoms with Crippen molar-refractivity contribution in [1.82, 2.24) is 10.2 Å². The predicted octanol–water partition coefficient (Wildman–Crippen LogP) is 1.28. The van der Waals surface area contributed by atoms with Crippen LogP contribution in [0.2, 0.25) is 0 Å². The van der Waals surface area contributed by atoms with Gasteiger partial charge in [-0.2, -0.15) is 0 Å². The number of nitrogens with zero attached hydrogens (tertiary/aromatic N) is 1. The Morgan fingerprint density at radius 3 is 2.42 bits per heavy atom. The van der Waals surface area contributed by atoms with Crippen LogP contribution in [0.25, 0.3) is 0 Å². The fraction of sp³-hybridized carbons (Fsp3) is 0.500. The monoisotopic (exact) mass is 264 g/mol. The van der Waals surface area contributed by atoms with Gasteiger partial charge in [0.2, 0.25) is 0 Å². The van der Waals surface area contributed by atoms with E-state index in [9.17, 15) is 15.0 Å². The lowest BCUT2D eigenvalue weighted by Gasteiger charge is -2.44. The highest BCUT2D eigenvalue weighted by molar-refractivity contribution is 5.66. The van der Waals surface area contributed by atoms with Gasteiger partial charge in [0.05, 0.1) is 12.1 Å². The van der Waals surface area contributed by atoms with E-state index in [1.165, 1.54) is 4.90 Å². The van der Waals surface area contributed by atoms with Crippen LogP contribution in [0.15, 0.2) is 30.3 Å². The van der Waals surface area contributed by atoms with Crippen LogP contribution in [0, 0.1) is 0 Å². The van der Waals surface area contributed by atoms with E-state index in [2.05, 4.69) is 5.32 Å². The Kier molecular flexibility index (Phi) is 4.39. The first-order chi connectivity index (χ1) is 9.18. The number of hydrogen-bond donors (Lipinski definition) is 3. The van der Waals surface area contributed by atoms with Crippen molar-refractivity contribution in [3.8, 4) is 0 Å². The number of aliphatic hydroxyl groups is 1. The summed E-state index contributed by atoms with van der Waals surface area (Å²) in [5.74, 6) is 0. The summed E-state index contributed by atoms with van der Waals surface area (Å²) in [6.45, 7) is 1.66. The van der Waals surface area contributed by atoms with E-state index in [1.807, 2.05) is 30.3 Å². The molecule has 0 bridgehead atoms. The second-order valence-electron chi connectivity index (χ2n) is 4.99. The summed E-state index contributed by atoms with van der Waals surface area (Å²) in [7, 11) is 0. The largest absolute Gasteiger partial charge is 0.465 e. The fourth-order valence-corrected chi connectivity index (χ4v) is 2.61. The Morgan fingerprint density at radius 2 is 1.89 bits per heavy atom. The molecule has 1 saturated heterocycles. The molecule has 0 unspecified atom stereocenters. The standard InChI is InChI=1S/C14H20N2O3/c17-11-14(6-8-15-9-7-14)16(13(18)19)10-12-4-2-1-3-5-12/h1-5,15,17H,6-11H2,(H,18,19). The van der Waals surface area contributed by atoms with Gasteiger partial charge < -0.3 is 15.5 Å². The van der Waals surface area contributed by atoms with Gasteiger partial charge in [-0.1, -0.05) is 30.3 Å². The highest BCUT2D eigenvalue weighted by Gasteiger charge is 2.40. The lowest BCUT2D eigenvalue weighted by atomic mass is 9.87. The number of rotatable bonds is 4. The molecule has 19 heavy (non-hydrogen) atoms. The SMILES string of the molecule is O=C(O)N(Cc1ccccc1)C1(CO)CCNCC1. The molecule has 0 aliphatic carbocycles. The fourth-order valence-electron chi connectivity index (χ4n) is 2.61. The van der Waals surface area contributed by atoms with Gasteiger partial charge in [-0.25, -0.2) is 4.79 Å². The van der Waals surface area contributed by atoms with E-state index in [4.69, 9.17) is 0 Å². The lowest BCUT2D eigenvalue weighted by molar-refractivity contribution is 0.00845. The van der Waals surface area contributed by atoms with Gasteiger partial charge in [0.1, 0.15) is 0 Å². The van der Waals surface area contributed by atoms with E-state index in [0.717, 1.165) is 18.7 Å². The first-order valence-corrected chi connectivity index (χ1v) is 6.54. The molecule has 1 fully saturated rings. The van der Waals surface area contributed by atoms with Crippen molar-refractivity contribution >= 4 is 6.09 Å². The van der Waals surface area contributed by atoms with Crippen LogP contribution in [0.1, 0.15) is 18.4 Å². The predicted molar refractivity (Wildman–Crippen MR) is 71.9 cm³/mol. The number of aliphatic hydroxyl groups excluding tert-OH is 1. The number of amides is 1. The molecule has 1 heterocycles. The zero-order valence-electron chi connectivity index (χ0n) is 10.9. The van der Waals surface area contributed by atoms with Gasteiger partial charge in [-0.3, -0.25) is 4.90 Å². The number of nitrogens with one attached hydrogen (secondary N) is 1. The Hall–Kier alpha value is -1.59. The number of piperidine rings is 1. The van der Waals surface area contributed by atoms with E-state index >= 15 is 0 Å². The molecule has 2 rings (SSSR count). The minimum absolute atomic E-state index is 0.131. The Balaban J connectivity index is 2.21. The van der Waals surface area contributed by atoms with Gasteiger partial charge in [0.15, 0.2) is 0 Å². The summed E-state index contributed by atoms with van der Waals surface area (Å²) < 4.78 is 0. The topological polar surface area (TPSA) is 72.8 Å². The summed E-state index contributed by atoms with van der Waals surface area (Å²) in [5.41, 5.74) is 0.281. The molecule has 1 amide bonds. The number of hydrogen-bond acceptors (Lipinski definition) is 3. The molecule has 0 saturated carbocycles. The number of carbonyl (C=O) groups is 1. The third kappa shape index (κ3) is 3.05. The van der Waals surface area contributed by atoms with Crippen molar-refractivity contribution in [3.05, 3.63) is 35.9 Å². The van der Waals surface area contributed by atoms with Crippen molar-refractivity contribution in [1.29, 1.82) is 0 Å². The second kappa shape index (κ2) is 6.04. The summed E-state index contributed by atoms with van der Waals surface area (Å²) in [4.78, 5) is 13.0. The minimum atomic E-state index is -0.972. The maximum atomic E-state index is 11.6. The molecule has 5 nitrogen and oxygen atoms in total. The van der Waals surface area contributed by atoms with E-state index in [-0.39, 0.29) is 6.61 Å². The number of carboxylic acid groups (broad SMARTS) is 1. The van der Waals surface area contributed by atoms with Crippen molar-refractivity contribution in [2.45, 2.75) is 24.9 Å². The van der Waals surface area contributed by atoms with Crippen molar-refractivity contribution in [2.24, 2.45) is 0 Å². The van der Waals surface area contributed by atoms with Crippen LogP contribution in [-0.2, 0) is 6.54 Å². The molecular weight excluding hydrogens is 244 g/mol. The highest BCUT2D eigenvalue weighted by Crippen LogP contribution is 2.27. The van der Waals surface area contributed by atoms with Crippen LogP contribution in [0.3, 0.4) is 0 Å². The van der Waals surface area contributed by atoms with E-state index < -0.39 is 11.6 Å². The maximum absolute atomic E-state index is 11.6. The molecule has 5 heteroatoms. The maximum Gasteiger partial charge on any atom is 0.408 e. The summed E-state index contributed by atoms with van der Waals surface area (Å²) in [5, 5.41) is 22.4. The summed E-state index contributed by atoms with van der Waals surface area (Å²) in [6, 6.07) is 9.50. The first kappa shape index (κ1) is 13.8. The molecule has 1 aromatic carbocycles. The van der Waals surface area contributed by atoms with Gasteiger partial charge in [0.25, 0.3) is 0 Å². The quantitative estimate of drug-likeness (QED) is 0.766. The average molecular weight is 264 g/mol. The third-order valence-electron chi connectivity index (χ3n) is 3.82. The van der Waals surface area contributed by atoms with Crippen LogP contribution in [0.5, 0.6) is 0 Å². The van der Waals surface area contributed by atoms with Gasteiger partial charge in [0, 0.05) is 6.54 Å². The zero-order valence-corrected chi connectivity index (χ0v) is 10.9. The van der Waals surface area contributed by atoms with E-state index in [0.29, 0.717) is 19.4 Å². The van der Waals surface area contributed by atoms with Gasteiger partial charge in [-0.05, 0) is 31.5 Å². The molecule has 0 spiro atoms. The smallest absolute Gasteiger partial charge is 0.408 e. The molecule has 104 valence electrons. The number of benzene rings is 1. The molecule has 1 aromatic rings. The third-order valence-corrected chi connectivity index (χ3v) is 3.82. The van der Waals surface area contributed by atoms with Gasteiger partial charge in [-0.15, -0.1) is 0 Å².